The number of carbonyl (C=O) groups excluding carboxylic acids is 1. The predicted octanol–water partition coefficient (Wildman–Crippen LogP) is 8.09. The minimum Gasteiger partial charge on any atom is -0.300 e. The molecule has 0 aromatic carbocycles. The van der Waals surface area contributed by atoms with Crippen molar-refractivity contribution in [1.82, 2.24) is 0 Å². The van der Waals surface area contributed by atoms with Crippen LogP contribution >= 0.6 is 0 Å². The molecule has 4 saturated carbocycles. The highest BCUT2D eigenvalue weighted by atomic mass is 16.1. The molecule has 0 radical (unpaired) electrons. The van der Waals surface area contributed by atoms with E-state index in [1.165, 1.54) is 51.4 Å². The Morgan fingerprint density at radius 2 is 1.67 bits per heavy atom. The zero-order chi connectivity index (χ0) is 21.7. The molecule has 9 atom stereocenters. The van der Waals surface area contributed by atoms with Crippen molar-refractivity contribution in [2.75, 3.05) is 0 Å². The number of hydrogen-bond acceptors (Lipinski definition) is 1. The van der Waals surface area contributed by atoms with Gasteiger partial charge in [0.05, 0.1) is 0 Å². The molecule has 4 aliphatic carbocycles. The third-order valence-corrected chi connectivity index (χ3v) is 11.2. The average Bonchev–Trinajstić information content (AvgIpc) is 3.06. The second-order valence-corrected chi connectivity index (χ2v) is 12.7. The number of carbonyl (C=O) groups is 1. The van der Waals surface area contributed by atoms with E-state index in [9.17, 15) is 4.79 Å². The number of fused-ring (bicyclic) bond motifs is 5. The van der Waals surface area contributed by atoms with Gasteiger partial charge in [0.15, 0.2) is 0 Å². The van der Waals surface area contributed by atoms with Crippen molar-refractivity contribution in [3.8, 4) is 0 Å². The third kappa shape index (κ3) is 3.65. The fraction of sp³-hybridized carbons (Fsp3) is 0.897. The quantitative estimate of drug-likeness (QED) is 0.417. The normalized spacial score (nSPS) is 45.8. The second-order valence-electron chi connectivity index (χ2n) is 12.7. The number of Topliss-reactive ketones (excluding diaryl/α,β-unsaturated/α-hetero) is 1. The predicted molar refractivity (Wildman–Crippen MR) is 127 cm³/mol. The van der Waals surface area contributed by atoms with E-state index in [0.717, 1.165) is 48.3 Å². The lowest BCUT2D eigenvalue weighted by Gasteiger charge is -2.60. The maximum absolute atomic E-state index is 12.1. The van der Waals surface area contributed by atoms with Crippen LogP contribution in [0.2, 0.25) is 0 Å². The Bertz CT molecular complexity index is 661. The summed E-state index contributed by atoms with van der Waals surface area (Å²) in [6, 6.07) is 0. The fourth-order valence-corrected chi connectivity index (χ4v) is 9.23. The molecule has 30 heavy (non-hydrogen) atoms. The van der Waals surface area contributed by atoms with Crippen LogP contribution < -0.4 is 0 Å². The summed E-state index contributed by atoms with van der Waals surface area (Å²) in [4.78, 5) is 12.1. The van der Waals surface area contributed by atoms with Gasteiger partial charge in [0.1, 0.15) is 5.78 Å². The van der Waals surface area contributed by atoms with Crippen molar-refractivity contribution >= 4 is 5.78 Å². The van der Waals surface area contributed by atoms with E-state index in [-0.39, 0.29) is 0 Å². The van der Waals surface area contributed by atoms with E-state index >= 15 is 0 Å². The van der Waals surface area contributed by atoms with Crippen molar-refractivity contribution in [1.29, 1.82) is 0 Å². The SMILES string of the molecule is CC[C@@H](/C=C/[C@@H](C)[C@H]1CC[C@H]2[C@@H]3CCC4CC(=O)CC[C@]4(C)[C@H]3CC[C@]12C)C(C)C. The fourth-order valence-electron chi connectivity index (χ4n) is 9.23. The first-order valence-electron chi connectivity index (χ1n) is 13.4. The van der Waals surface area contributed by atoms with Crippen molar-refractivity contribution in [2.45, 2.75) is 106 Å². The van der Waals surface area contributed by atoms with Gasteiger partial charge >= 0.3 is 0 Å². The van der Waals surface area contributed by atoms with Crippen LogP contribution in [-0.2, 0) is 4.79 Å². The molecule has 0 bridgehead atoms. The zero-order valence-electron chi connectivity index (χ0n) is 20.8. The molecule has 1 heteroatoms. The summed E-state index contributed by atoms with van der Waals surface area (Å²) in [6.07, 6.45) is 17.8. The molecule has 4 rings (SSSR count). The molecule has 0 spiro atoms. The van der Waals surface area contributed by atoms with Crippen LogP contribution in [0.5, 0.6) is 0 Å². The zero-order valence-corrected chi connectivity index (χ0v) is 20.8. The molecule has 1 unspecified atom stereocenters. The largest absolute Gasteiger partial charge is 0.300 e. The van der Waals surface area contributed by atoms with Gasteiger partial charge in [-0.05, 0) is 110 Å². The molecule has 0 amide bonds. The molecule has 0 N–H and O–H groups in total. The van der Waals surface area contributed by atoms with E-state index in [0.29, 0.717) is 28.4 Å². The molecule has 0 aromatic heterocycles. The molecule has 4 fully saturated rings. The summed E-state index contributed by atoms with van der Waals surface area (Å²) >= 11 is 0. The van der Waals surface area contributed by atoms with Crippen LogP contribution in [0.4, 0.5) is 0 Å². The highest BCUT2D eigenvalue weighted by Gasteiger charge is 2.60. The Morgan fingerprint density at radius 1 is 0.933 bits per heavy atom. The number of ketones is 1. The summed E-state index contributed by atoms with van der Waals surface area (Å²) in [5, 5.41) is 0. The van der Waals surface area contributed by atoms with Crippen LogP contribution in [0.1, 0.15) is 106 Å². The van der Waals surface area contributed by atoms with Gasteiger partial charge in [-0.1, -0.05) is 53.7 Å². The summed E-state index contributed by atoms with van der Waals surface area (Å²) in [5.74, 6) is 7.04. The molecule has 4 aliphatic rings. The standard InChI is InChI=1S/C29H48O/c1-7-21(19(2)3)9-8-20(4)25-12-13-26-24-11-10-22-18-23(30)14-16-28(22,5)27(24)15-17-29(25,26)6/h8-9,19-22,24-27H,7,10-18H2,1-6H3/b9-8+/t20-,21+,22?,24+,25-,26+,27+,28+,29-/m1/s1. The van der Waals surface area contributed by atoms with E-state index in [4.69, 9.17) is 0 Å². The van der Waals surface area contributed by atoms with Gasteiger partial charge in [-0.3, -0.25) is 4.79 Å². The molecule has 170 valence electrons. The minimum atomic E-state index is 0.452. The van der Waals surface area contributed by atoms with Crippen molar-refractivity contribution < 1.29 is 4.79 Å². The van der Waals surface area contributed by atoms with Gasteiger partial charge in [0.2, 0.25) is 0 Å². The van der Waals surface area contributed by atoms with Gasteiger partial charge in [-0.25, -0.2) is 0 Å². The van der Waals surface area contributed by atoms with Gasteiger partial charge < -0.3 is 0 Å². The van der Waals surface area contributed by atoms with E-state index in [1.54, 1.807) is 0 Å². The Balaban J connectivity index is 1.50. The molecule has 1 nitrogen and oxygen atoms in total. The molecular weight excluding hydrogens is 364 g/mol. The Morgan fingerprint density at radius 3 is 2.37 bits per heavy atom. The number of hydrogen-bond donors (Lipinski definition) is 0. The lowest BCUT2D eigenvalue weighted by atomic mass is 9.44. The van der Waals surface area contributed by atoms with Gasteiger partial charge in [0, 0.05) is 12.8 Å². The Kier molecular flexibility index (Phi) is 6.33. The molecule has 0 heterocycles. The lowest BCUT2D eigenvalue weighted by molar-refractivity contribution is -0.140. The van der Waals surface area contributed by atoms with Crippen LogP contribution in [0.25, 0.3) is 0 Å². The lowest BCUT2D eigenvalue weighted by Crippen LogP contribution is -2.53. The van der Waals surface area contributed by atoms with E-state index in [1.807, 2.05) is 0 Å². The van der Waals surface area contributed by atoms with E-state index in [2.05, 4.69) is 53.7 Å². The smallest absolute Gasteiger partial charge is 0.133 e. The van der Waals surface area contributed by atoms with Crippen molar-refractivity contribution in [2.24, 2.45) is 58.2 Å². The number of rotatable bonds is 5. The Labute approximate surface area is 186 Å². The second kappa shape index (κ2) is 8.40. The van der Waals surface area contributed by atoms with Crippen molar-refractivity contribution in [3.63, 3.8) is 0 Å². The third-order valence-electron chi connectivity index (χ3n) is 11.2. The first-order chi connectivity index (χ1) is 14.2. The highest BCUT2D eigenvalue weighted by molar-refractivity contribution is 5.79. The molecular formula is C29H48O. The van der Waals surface area contributed by atoms with Crippen LogP contribution in [0.15, 0.2) is 12.2 Å². The van der Waals surface area contributed by atoms with Crippen LogP contribution in [0, 0.1) is 58.2 Å². The average molecular weight is 413 g/mol. The summed E-state index contributed by atoms with van der Waals surface area (Å²) in [6.45, 7) is 14.8. The maximum Gasteiger partial charge on any atom is 0.133 e. The minimum absolute atomic E-state index is 0.452. The Hall–Kier alpha value is -0.590. The summed E-state index contributed by atoms with van der Waals surface area (Å²) in [7, 11) is 0. The summed E-state index contributed by atoms with van der Waals surface area (Å²) < 4.78 is 0. The van der Waals surface area contributed by atoms with E-state index < -0.39 is 0 Å². The summed E-state index contributed by atoms with van der Waals surface area (Å²) in [5.41, 5.74) is 0.992. The van der Waals surface area contributed by atoms with Crippen molar-refractivity contribution in [3.05, 3.63) is 12.2 Å². The van der Waals surface area contributed by atoms with Gasteiger partial charge in [0.25, 0.3) is 0 Å². The monoisotopic (exact) mass is 412 g/mol. The maximum atomic E-state index is 12.1. The molecule has 0 saturated heterocycles. The first-order valence-corrected chi connectivity index (χ1v) is 13.4. The van der Waals surface area contributed by atoms with Crippen LogP contribution in [0.3, 0.4) is 0 Å². The molecule has 0 aromatic rings. The first kappa shape index (κ1) is 22.6. The topological polar surface area (TPSA) is 17.1 Å². The van der Waals surface area contributed by atoms with Gasteiger partial charge in [-0.2, -0.15) is 0 Å². The molecule has 0 aliphatic heterocycles. The van der Waals surface area contributed by atoms with Crippen LogP contribution in [-0.4, -0.2) is 5.78 Å². The highest BCUT2D eigenvalue weighted by Crippen LogP contribution is 2.68. The van der Waals surface area contributed by atoms with Gasteiger partial charge in [-0.15, -0.1) is 0 Å². The number of allylic oxidation sites excluding steroid dienone is 2.